The Morgan fingerprint density at radius 2 is 1.80 bits per heavy atom. The van der Waals surface area contributed by atoms with Crippen molar-refractivity contribution in [3.63, 3.8) is 0 Å². The molecule has 0 saturated heterocycles. The van der Waals surface area contributed by atoms with Gasteiger partial charge in [0, 0.05) is 0 Å². The summed E-state index contributed by atoms with van der Waals surface area (Å²) in [6, 6.07) is 14.0. The van der Waals surface area contributed by atoms with Crippen molar-refractivity contribution in [3.8, 4) is 0 Å². The molecule has 0 spiro atoms. The number of aryl methyl sites for hydroxylation is 1. The lowest BCUT2D eigenvalue weighted by molar-refractivity contribution is 0.292. The molecule has 25 heavy (non-hydrogen) atoms. The highest BCUT2D eigenvalue weighted by Crippen LogP contribution is 2.25. The van der Waals surface area contributed by atoms with Gasteiger partial charge in [0.1, 0.15) is 6.61 Å². The molecule has 1 aliphatic heterocycles. The number of hydrogen-bond donors (Lipinski definition) is 1. The predicted molar refractivity (Wildman–Crippen MR) is 99.5 cm³/mol. The first-order chi connectivity index (χ1) is 11.9. The number of ether oxygens (including phenoxy) is 1. The Kier molecular flexibility index (Phi) is 4.81. The van der Waals surface area contributed by atoms with Gasteiger partial charge in [-0.05, 0) is 37.1 Å². The maximum atomic E-state index is 12.7. The highest BCUT2D eigenvalue weighted by molar-refractivity contribution is 7.92. The summed E-state index contributed by atoms with van der Waals surface area (Å²) in [6.07, 6.45) is 0. The van der Waals surface area contributed by atoms with Crippen LogP contribution >= 0.6 is 0 Å². The molecule has 2 aromatic carbocycles. The van der Waals surface area contributed by atoms with Gasteiger partial charge >= 0.3 is 0 Å². The van der Waals surface area contributed by atoms with Crippen molar-refractivity contribution in [2.75, 3.05) is 11.3 Å². The van der Waals surface area contributed by atoms with Gasteiger partial charge in [0.25, 0.3) is 10.0 Å². The van der Waals surface area contributed by atoms with Gasteiger partial charge in [-0.15, -0.1) is 0 Å². The third-order valence-corrected chi connectivity index (χ3v) is 5.56. The van der Waals surface area contributed by atoms with Crippen molar-refractivity contribution in [2.24, 2.45) is 10.9 Å². The van der Waals surface area contributed by atoms with Crippen LogP contribution in [0.15, 0.2) is 58.4 Å². The van der Waals surface area contributed by atoms with E-state index in [0.29, 0.717) is 29.7 Å². The largest absolute Gasteiger partial charge is 0.475 e. The Balaban J connectivity index is 1.92. The monoisotopic (exact) mass is 358 g/mol. The third kappa shape index (κ3) is 3.85. The normalized spacial score (nSPS) is 17.3. The van der Waals surface area contributed by atoms with Crippen LogP contribution in [0, 0.1) is 12.8 Å². The van der Waals surface area contributed by atoms with Crippen molar-refractivity contribution >= 4 is 21.6 Å². The minimum atomic E-state index is -3.67. The summed E-state index contributed by atoms with van der Waals surface area (Å²) in [7, 11) is -3.67. The van der Waals surface area contributed by atoms with E-state index in [1.807, 2.05) is 19.1 Å². The van der Waals surface area contributed by atoms with Crippen LogP contribution in [0.4, 0.5) is 5.69 Å². The Hall–Kier alpha value is -2.34. The van der Waals surface area contributed by atoms with Crippen LogP contribution in [0.5, 0.6) is 0 Å². The quantitative estimate of drug-likeness (QED) is 0.888. The Labute approximate surface area is 148 Å². The second kappa shape index (κ2) is 6.88. The van der Waals surface area contributed by atoms with Gasteiger partial charge in [0.15, 0.2) is 0 Å². The Morgan fingerprint density at radius 1 is 1.12 bits per heavy atom. The standard InChI is InChI=1S/C19H22N2O3S/c1-13(2)18-12-24-19(20-18)16-6-4-5-7-17(16)21-25(22,23)15-10-8-14(3)9-11-15/h4-11,13,18,21H,12H2,1-3H3. The molecule has 0 aliphatic carbocycles. The van der Waals surface area contributed by atoms with E-state index in [2.05, 4.69) is 23.6 Å². The van der Waals surface area contributed by atoms with Gasteiger partial charge in [-0.25, -0.2) is 13.4 Å². The van der Waals surface area contributed by atoms with Gasteiger partial charge in [0.2, 0.25) is 5.90 Å². The number of aliphatic imine (C=N–C) groups is 1. The maximum absolute atomic E-state index is 12.7. The molecule has 1 heterocycles. The van der Waals surface area contributed by atoms with Gasteiger partial charge in [-0.1, -0.05) is 43.7 Å². The van der Waals surface area contributed by atoms with E-state index in [4.69, 9.17) is 4.74 Å². The number of nitrogens with zero attached hydrogens (tertiary/aromatic N) is 1. The Bertz CT molecular complexity index is 887. The van der Waals surface area contributed by atoms with E-state index in [-0.39, 0.29) is 10.9 Å². The van der Waals surface area contributed by atoms with Gasteiger partial charge in [-0.3, -0.25) is 4.72 Å². The van der Waals surface area contributed by atoms with Crippen LogP contribution in [0.3, 0.4) is 0 Å². The fourth-order valence-corrected chi connectivity index (χ4v) is 3.64. The van der Waals surface area contributed by atoms with Crippen molar-refractivity contribution in [1.82, 2.24) is 0 Å². The van der Waals surface area contributed by atoms with Gasteiger partial charge in [-0.2, -0.15) is 0 Å². The zero-order chi connectivity index (χ0) is 18.0. The molecule has 3 rings (SSSR count). The lowest BCUT2D eigenvalue weighted by atomic mass is 10.1. The zero-order valence-corrected chi connectivity index (χ0v) is 15.4. The summed E-state index contributed by atoms with van der Waals surface area (Å²) in [5.74, 6) is 0.856. The molecule has 1 atom stereocenters. The fourth-order valence-electron chi connectivity index (χ4n) is 2.56. The van der Waals surface area contributed by atoms with Crippen molar-refractivity contribution in [1.29, 1.82) is 0 Å². The van der Waals surface area contributed by atoms with Crippen LogP contribution in [-0.4, -0.2) is 27.0 Å². The molecule has 0 saturated carbocycles. The van der Waals surface area contributed by atoms with Gasteiger partial charge in [0.05, 0.1) is 22.2 Å². The molecule has 0 fully saturated rings. The SMILES string of the molecule is Cc1ccc(S(=O)(=O)Nc2ccccc2C2=NC(C(C)C)CO2)cc1. The van der Waals surface area contributed by atoms with E-state index in [0.717, 1.165) is 5.56 Å². The number of nitrogens with one attached hydrogen (secondary N) is 1. The Morgan fingerprint density at radius 3 is 2.44 bits per heavy atom. The lowest BCUT2D eigenvalue weighted by Crippen LogP contribution is -2.16. The van der Waals surface area contributed by atoms with E-state index >= 15 is 0 Å². The molecule has 1 unspecified atom stereocenters. The molecule has 0 aromatic heterocycles. The number of sulfonamides is 1. The first-order valence-electron chi connectivity index (χ1n) is 8.26. The van der Waals surface area contributed by atoms with E-state index < -0.39 is 10.0 Å². The van der Waals surface area contributed by atoms with Crippen molar-refractivity contribution < 1.29 is 13.2 Å². The van der Waals surface area contributed by atoms with Gasteiger partial charge < -0.3 is 4.74 Å². The van der Waals surface area contributed by atoms with Crippen molar-refractivity contribution in [2.45, 2.75) is 31.7 Å². The van der Waals surface area contributed by atoms with Crippen LogP contribution in [-0.2, 0) is 14.8 Å². The van der Waals surface area contributed by atoms with E-state index in [9.17, 15) is 8.42 Å². The molecular formula is C19H22N2O3S. The minimum absolute atomic E-state index is 0.0942. The molecule has 1 N–H and O–H groups in total. The molecule has 6 heteroatoms. The summed E-state index contributed by atoms with van der Waals surface area (Å²) in [6.45, 7) is 6.62. The average Bonchev–Trinajstić information content (AvgIpc) is 3.05. The maximum Gasteiger partial charge on any atom is 0.261 e. The number of benzene rings is 2. The molecule has 0 bridgehead atoms. The number of rotatable bonds is 5. The average molecular weight is 358 g/mol. The fraction of sp³-hybridized carbons (Fsp3) is 0.316. The summed E-state index contributed by atoms with van der Waals surface area (Å²) < 4.78 is 33.7. The lowest BCUT2D eigenvalue weighted by Gasteiger charge is -2.12. The van der Waals surface area contributed by atoms with Crippen LogP contribution in [0.1, 0.15) is 25.0 Å². The molecule has 5 nitrogen and oxygen atoms in total. The second-order valence-electron chi connectivity index (χ2n) is 6.52. The number of para-hydroxylation sites is 1. The smallest absolute Gasteiger partial charge is 0.261 e. The summed E-state index contributed by atoms with van der Waals surface area (Å²) >= 11 is 0. The predicted octanol–water partition coefficient (Wildman–Crippen LogP) is 3.60. The summed E-state index contributed by atoms with van der Waals surface area (Å²) in [5, 5.41) is 0. The van der Waals surface area contributed by atoms with Crippen LogP contribution in [0.2, 0.25) is 0 Å². The highest BCUT2D eigenvalue weighted by Gasteiger charge is 2.25. The van der Waals surface area contributed by atoms with E-state index in [1.165, 1.54) is 0 Å². The topological polar surface area (TPSA) is 67.8 Å². The number of hydrogen-bond acceptors (Lipinski definition) is 4. The second-order valence-corrected chi connectivity index (χ2v) is 8.20. The van der Waals surface area contributed by atoms with Crippen LogP contribution < -0.4 is 4.72 Å². The molecule has 2 aromatic rings. The first-order valence-corrected chi connectivity index (χ1v) is 9.74. The number of anilines is 1. The van der Waals surface area contributed by atoms with Crippen molar-refractivity contribution in [3.05, 3.63) is 59.7 Å². The third-order valence-electron chi connectivity index (χ3n) is 4.18. The summed E-state index contributed by atoms with van der Waals surface area (Å²) in [5.41, 5.74) is 2.13. The first kappa shape index (κ1) is 17.5. The van der Waals surface area contributed by atoms with E-state index in [1.54, 1.807) is 36.4 Å². The molecule has 132 valence electrons. The minimum Gasteiger partial charge on any atom is -0.475 e. The summed E-state index contributed by atoms with van der Waals surface area (Å²) in [4.78, 5) is 4.82. The molecular weight excluding hydrogens is 336 g/mol. The zero-order valence-electron chi connectivity index (χ0n) is 14.6. The van der Waals surface area contributed by atoms with Crippen LogP contribution in [0.25, 0.3) is 0 Å². The highest BCUT2D eigenvalue weighted by atomic mass is 32.2. The molecule has 1 aliphatic rings. The molecule has 0 radical (unpaired) electrons. The molecule has 0 amide bonds.